The van der Waals surface area contributed by atoms with Crippen LogP contribution >= 0.6 is 0 Å². The van der Waals surface area contributed by atoms with Gasteiger partial charge in [-0.15, -0.1) is 0 Å². The molecule has 1 aliphatic heterocycles. The van der Waals surface area contributed by atoms with Gasteiger partial charge < -0.3 is 10.6 Å². The zero-order chi connectivity index (χ0) is 11.2. The first-order valence-electron chi connectivity index (χ1n) is 5.57. The van der Waals surface area contributed by atoms with Crippen LogP contribution in [-0.2, 0) is 0 Å². The fraction of sp³-hybridized carbons (Fsp3) is 0.545. The number of Topliss-reactive ketones (excluding diaryl/α,β-unsaturated/α-hetero) is 1. The molecule has 0 bridgehead atoms. The van der Waals surface area contributed by atoms with Gasteiger partial charge in [-0.25, -0.2) is 4.98 Å². The van der Waals surface area contributed by atoms with E-state index < -0.39 is 0 Å². The van der Waals surface area contributed by atoms with Crippen LogP contribution in [0.2, 0.25) is 0 Å². The van der Waals surface area contributed by atoms with E-state index in [0.717, 1.165) is 19.6 Å². The van der Waals surface area contributed by atoms with Crippen molar-refractivity contribution in [3.05, 3.63) is 24.3 Å². The first-order valence-corrected chi connectivity index (χ1v) is 5.57. The molecule has 1 aromatic heterocycles. The Balaban J connectivity index is 1.71. The molecule has 0 saturated carbocycles. The molecule has 16 heavy (non-hydrogen) atoms. The first kappa shape index (κ1) is 11.2. The number of hydrogen-bond donors (Lipinski definition) is 2. The number of ketones is 1. The van der Waals surface area contributed by atoms with Crippen LogP contribution in [0.5, 0.6) is 0 Å². The molecule has 0 spiro atoms. The van der Waals surface area contributed by atoms with Gasteiger partial charge in [0.15, 0.2) is 5.78 Å². The molecule has 5 heteroatoms. The van der Waals surface area contributed by atoms with Crippen molar-refractivity contribution in [2.24, 2.45) is 5.92 Å². The molecule has 2 rings (SSSR count). The van der Waals surface area contributed by atoms with Crippen LogP contribution < -0.4 is 10.6 Å². The van der Waals surface area contributed by atoms with E-state index in [-0.39, 0.29) is 5.78 Å². The highest BCUT2D eigenvalue weighted by atomic mass is 16.1. The van der Waals surface area contributed by atoms with Crippen molar-refractivity contribution in [3.8, 4) is 0 Å². The Bertz CT molecular complexity index is 335. The lowest BCUT2D eigenvalue weighted by Gasteiger charge is -2.08. The van der Waals surface area contributed by atoms with Crippen LogP contribution in [0.4, 0.5) is 0 Å². The van der Waals surface area contributed by atoms with Crippen LogP contribution in [0.3, 0.4) is 0 Å². The van der Waals surface area contributed by atoms with Crippen molar-refractivity contribution in [1.82, 2.24) is 20.6 Å². The molecule has 0 amide bonds. The summed E-state index contributed by atoms with van der Waals surface area (Å²) in [4.78, 5) is 19.5. The zero-order valence-corrected chi connectivity index (χ0v) is 9.15. The number of hydrogen-bond acceptors (Lipinski definition) is 5. The van der Waals surface area contributed by atoms with Crippen molar-refractivity contribution in [2.75, 3.05) is 26.2 Å². The highest BCUT2D eigenvalue weighted by Crippen LogP contribution is 2.05. The van der Waals surface area contributed by atoms with Gasteiger partial charge in [0.25, 0.3) is 0 Å². The molecule has 2 N–H and O–H groups in total. The number of carbonyl (C=O) groups is 1. The van der Waals surface area contributed by atoms with Crippen molar-refractivity contribution < 1.29 is 4.79 Å². The summed E-state index contributed by atoms with van der Waals surface area (Å²) in [6, 6.07) is 0. The summed E-state index contributed by atoms with van der Waals surface area (Å²) in [7, 11) is 0. The molecule has 0 radical (unpaired) electrons. The summed E-state index contributed by atoms with van der Waals surface area (Å²) in [5.41, 5.74) is 0.430. The monoisotopic (exact) mass is 220 g/mol. The largest absolute Gasteiger partial charge is 0.316 e. The van der Waals surface area contributed by atoms with Gasteiger partial charge in [0.1, 0.15) is 5.69 Å². The van der Waals surface area contributed by atoms with E-state index in [1.54, 1.807) is 6.20 Å². The second-order valence-electron chi connectivity index (χ2n) is 4.00. The molecular weight excluding hydrogens is 204 g/mol. The van der Waals surface area contributed by atoms with Gasteiger partial charge in [0, 0.05) is 12.4 Å². The summed E-state index contributed by atoms with van der Waals surface area (Å²) >= 11 is 0. The summed E-state index contributed by atoms with van der Waals surface area (Å²) in [6.45, 7) is 3.37. The van der Waals surface area contributed by atoms with Crippen LogP contribution in [0, 0.1) is 5.92 Å². The number of nitrogens with one attached hydrogen (secondary N) is 2. The minimum Gasteiger partial charge on any atom is -0.316 e. The molecule has 2 heterocycles. The molecule has 0 aromatic carbocycles. The predicted octanol–water partition coefficient (Wildman–Crippen LogP) is -0.142. The smallest absolute Gasteiger partial charge is 0.196 e. The predicted molar refractivity (Wildman–Crippen MR) is 60.2 cm³/mol. The zero-order valence-electron chi connectivity index (χ0n) is 9.15. The van der Waals surface area contributed by atoms with E-state index in [2.05, 4.69) is 20.6 Å². The highest BCUT2D eigenvalue weighted by molar-refractivity contribution is 5.95. The molecule has 86 valence electrons. The highest BCUT2D eigenvalue weighted by Gasteiger charge is 2.14. The van der Waals surface area contributed by atoms with Gasteiger partial charge in [-0.1, -0.05) is 0 Å². The Morgan fingerprint density at radius 1 is 1.56 bits per heavy atom. The van der Waals surface area contributed by atoms with Gasteiger partial charge in [0.2, 0.25) is 0 Å². The third kappa shape index (κ3) is 3.08. The molecule has 1 saturated heterocycles. The summed E-state index contributed by atoms with van der Waals surface area (Å²) in [5, 5.41) is 6.46. The van der Waals surface area contributed by atoms with E-state index >= 15 is 0 Å². The number of nitrogens with zero attached hydrogens (tertiary/aromatic N) is 2. The van der Waals surface area contributed by atoms with Gasteiger partial charge in [-0.3, -0.25) is 9.78 Å². The van der Waals surface area contributed by atoms with Gasteiger partial charge in [-0.05, 0) is 32.0 Å². The molecule has 1 atom stereocenters. The number of rotatable bonds is 5. The van der Waals surface area contributed by atoms with Gasteiger partial charge in [0.05, 0.1) is 12.7 Å². The Morgan fingerprint density at radius 3 is 3.19 bits per heavy atom. The lowest BCUT2D eigenvalue weighted by atomic mass is 10.1. The Kier molecular flexibility index (Phi) is 3.96. The fourth-order valence-electron chi connectivity index (χ4n) is 1.81. The maximum Gasteiger partial charge on any atom is 0.196 e. The molecule has 5 nitrogen and oxygen atoms in total. The van der Waals surface area contributed by atoms with E-state index in [0.29, 0.717) is 18.2 Å². The first-order chi connectivity index (χ1) is 7.86. The van der Waals surface area contributed by atoms with Gasteiger partial charge >= 0.3 is 0 Å². The van der Waals surface area contributed by atoms with E-state index in [1.807, 2.05) is 0 Å². The van der Waals surface area contributed by atoms with Crippen molar-refractivity contribution in [1.29, 1.82) is 0 Å². The van der Waals surface area contributed by atoms with Crippen LogP contribution in [-0.4, -0.2) is 41.9 Å². The van der Waals surface area contributed by atoms with E-state index in [1.165, 1.54) is 18.8 Å². The van der Waals surface area contributed by atoms with Crippen molar-refractivity contribution in [2.45, 2.75) is 6.42 Å². The third-order valence-corrected chi connectivity index (χ3v) is 2.73. The summed E-state index contributed by atoms with van der Waals surface area (Å²) in [5.74, 6) is 0.647. The number of aromatic nitrogens is 2. The third-order valence-electron chi connectivity index (χ3n) is 2.73. The van der Waals surface area contributed by atoms with Crippen molar-refractivity contribution >= 4 is 5.78 Å². The van der Waals surface area contributed by atoms with Crippen molar-refractivity contribution in [3.63, 3.8) is 0 Å². The average molecular weight is 220 g/mol. The topological polar surface area (TPSA) is 66.9 Å². The maximum atomic E-state index is 11.6. The molecular formula is C11H16N4O. The normalized spacial score (nSPS) is 19.9. The van der Waals surface area contributed by atoms with Crippen LogP contribution in [0.1, 0.15) is 16.9 Å². The quantitative estimate of drug-likeness (QED) is 0.676. The molecule has 1 unspecified atom stereocenters. The lowest BCUT2D eigenvalue weighted by molar-refractivity contribution is 0.0985. The standard InChI is InChI=1S/C11H16N4O/c16-11(10-7-13-3-4-15-10)8-14-6-9-1-2-12-5-9/h3-4,7,9,12,14H,1-2,5-6,8H2. The molecule has 0 aliphatic carbocycles. The Hall–Kier alpha value is -1.33. The second-order valence-corrected chi connectivity index (χ2v) is 4.00. The number of carbonyl (C=O) groups excluding carboxylic acids is 1. The summed E-state index contributed by atoms with van der Waals surface area (Å²) < 4.78 is 0. The second kappa shape index (κ2) is 5.67. The minimum absolute atomic E-state index is 0.000874. The molecule has 1 aliphatic rings. The lowest BCUT2D eigenvalue weighted by Crippen LogP contribution is -2.29. The Labute approximate surface area is 94.7 Å². The maximum absolute atomic E-state index is 11.6. The summed E-state index contributed by atoms with van der Waals surface area (Å²) in [6.07, 6.45) is 5.79. The minimum atomic E-state index is -0.000874. The van der Waals surface area contributed by atoms with Crippen LogP contribution in [0.25, 0.3) is 0 Å². The molecule has 1 fully saturated rings. The van der Waals surface area contributed by atoms with E-state index in [4.69, 9.17) is 0 Å². The fourth-order valence-corrected chi connectivity index (χ4v) is 1.81. The Morgan fingerprint density at radius 2 is 2.50 bits per heavy atom. The SMILES string of the molecule is O=C(CNCC1CCNC1)c1cnccn1. The van der Waals surface area contributed by atoms with Gasteiger partial charge in [-0.2, -0.15) is 0 Å². The average Bonchev–Trinajstić information content (AvgIpc) is 2.83. The van der Waals surface area contributed by atoms with Crippen LogP contribution in [0.15, 0.2) is 18.6 Å². The molecule has 1 aromatic rings. The van der Waals surface area contributed by atoms with E-state index in [9.17, 15) is 4.79 Å².